The summed E-state index contributed by atoms with van der Waals surface area (Å²) in [5, 5.41) is 6.53. The minimum Gasteiger partial charge on any atom is -0.368 e. The van der Waals surface area contributed by atoms with Gasteiger partial charge in [0.2, 0.25) is 5.95 Å². The molecule has 0 aliphatic rings. The summed E-state index contributed by atoms with van der Waals surface area (Å²) in [5.74, 6) is 0.393. The summed E-state index contributed by atoms with van der Waals surface area (Å²) >= 11 is 5.10. The molecule has 0 fully saturated rings. The van der Waals surface area contributed by atoms with Crippen LogP contribution in [0, 0.1) is 4.77 Å². The highest BCUT2D eigenvalue weighted by atomic mass is 32.1. The van der Waals surface area contributed by atoms with Crippen LogP contribution in [0.5, 0.6) is 0 Å². The molecule has 0 aliphatic heterocycles. The highest BCUT2D eigenvalue weighted by Gasteiger charge is 2.11. The maximum atomic E-state index is 5.72. The lowest BCUT2D eigenvalue weighted by atomic mass is 10.1. The van der Waals surface area contributed by atoms with Crippen LogP contribution in [0.1, 0.15) is 18.5 Å². The van der Waals surface area contributed by atoms with E-state index < -0.39 is 0 Å². The van der Waals surface area contributed by atoms with E-state index in [4.69, 9.17) is 18.0 Å². The molecule has 2 heterocycles. The van der Waals surface area contributed by atoms with Crippen LogP contribution in [0.15, 0.2) is 24.5 Å². The number of aromatic amines is 1. The SMILES string of the molecule is CC(c1ccncc1)n1c(N)n[nH]c1=S. The van der Waals surface area contributed by atoms with Gasteiger partial charge in [0, 0.05) is 12.4 Å². The molecule has 0 saturated carbocycles. The molecule has 1 unspecified atom stereocenters. The maximum absolute atomic E-state index is 5.72. The van der Waals surface area contributed by atoms with Crippen LogP contribution < -0.4 is 5.73 Å². The van der Waals surface area contributed by atoms with E-state index in [1.165, 1.54) is 0 Å². The van der Waals surface area contributed by atoms with Crippen LogP contribution in [0.4, 0.5) is 5.95 Å². The lowest BCUT2D eigenvalue weighted by molar-refractivity contribution is 0.636. The summed E-state index contributed by atoms with van der Waals surface area (Å²) in [7, 11) is 0. The fourth-order valence-corrected chi connectivity index (χ4v) is 1.78. The van der Waals surface area contributed by atoms with Crippen molar-refractivity contribution in [1.82, 2.24) is 19.7 Å². The summed E-state index contributed by atoms with van der Waals surface area (Å²) in [5.41, 5.74) is 6.81. The van der Waals surface area contributed by atoms with Gasteiger partial charge in [0.1, 0.15) is 0 Å². The van der Waals surface area contributed by atoms with Gasteiger partial charge in [0.25, 0.3) is 0 Å². The normalized spacial score (nSPS) is 12.6. The third-order valence-electron chi connectivity index (χ3n) is 2.31. The largest absolute Gasteiger partial charge is 0.368 e. The smallest absolute Gasteiger partial charge is 0.221 e. The van der Waals surface area contributed by atoms with Crippen molar-refractivity contribution in [2.75, 3.05) is 5.73 Å². The molecule has 3 N–H and O–H groups in total. The van der Waals surface area contributed by atoms with Crippen molar-refractivity contribution < 1.29 is 0 Å². The minimum absolute atomic E-state index is 0.0549. The Balaban J connectivity index is 2.45. The number of anilines is 1. The van der Waals surface area contributed by atoms with E-state index in [1.54, 1.807) is 17.0 Å². The Morgan fingerprint density at radius 1 is 1.47 bits per heavy atom. The third kappa shape index (κ3) is 1.75. The molecule has 5 nitrogen and oxygen atoms in total. The van der Waals surface area contributed by atoms with Crippen molar-refractivity contribution in [2.45, 2.75) is 13.0 Å². The Bertz CT molecular complexity index is 501. The molecule has 2 aromatic rings. The van der Waals surface area contributed by atoms with Gasteiger partial charge in [-0.1, -0.05) is 0 Å². The first-order chi connectivity index (χ1) is 7.20. The summed E-state index contributed by atoms with van der Waals surface area (Å²) in [6, 6.07) is 3.91. The molecule has 0 amide bonds. The Kier molecular flexibility index (Phi) is 2.51. The van der Waals surface area contributed by atoms with Gasteiger partial charge in [0.15, 0.2) is 4.77 Å². The first-order valence-corrected chi connectivity index (χ1v) is 4.93. The Labute approximate surface area is 92.0 Å². The molecular weight excluding hydrogens is 210 g/mol. The Morgan fingerprint density at radius 2 is 2.13 bits per heavy atom. The number of H-pyrrole nitrogens is 1. The van der Waals surface area contributed by atoms with Crippen molar-refractivity contribution in [2.24, 2.45) is 0 Å². The van der Waals surface area contributed by atoms with E-state index in [9.17, 15) is 0 Å². The van der Waals surface area contributed by atoms with Crippen molar-refractivity contribution in [3.05, 3.63) is 34.9 Å². The van der Waals surface area contributed by atoms with Gasteiger partial charge in [-0.05, 0) is 36.8 Å². The van der Waals surface area contributed by atoms with Crippen LogP contribution in [0.3, 0.4) is 0 Å². The van der Waals surface area contributed by atoms with E-state index in [-0.39, 0.29) is 6.04 Å². The van der Waals surface area contributed by atoms with Crippen molar-refractivity contribution >= 4 is 18.2 Å². The molecule has 2 rings (SSSR count). The first kappa shape index (κ1) is 9.85. The molecule has 0 spiro atoms. The molecule has 6 heteroatoms. The number of nitrogens with zero attached hydrogens (tertiary/aromatic N) is 3. The molecule has 0 bridgehead atoms. The van der Waals surface area contributed by atoms with Crippen molar-refractivity contribution in [1.29, 1.82) is 0 Å². The van der Waals surface area contributed by atoms with Crippen LogP contribution in [-0.4, -0.2) is 19.7 Å². The molecule has 2 aromatic heterocycles. The predicted octanol–water partition coefficient (Wildman–Crippen LogP) is 1.53. The number of rotatable bonds is 2. The quantitative estimate of drug-likeness (QED) is 0.754. The zero-order valence-corrected chi connectivity index (χ0v) is 9.03. The predicted molar refractivity (Wildman–Crippen MR) is 59.9 cm³/mol. The molecule has 1 atom stereocenters. The maximum Gasteiger partial charge on any atom is 0.221 e. The second kappa shape index (κ2) is 3.82. The molecule has 0 radical (unpaired) electrons. The number of nitrogens with two attached hydrogens (primary N) is 1. The van der Waals surface area contributed by atoms with Gasteiger partial charge in [-0.15, -0.1) is 5.10 Å². The second-order valence-electron chi connectivity index (χ2n) is 3.21. The number of hydrogen-bond acceptors (Lipinski definition) is 4. The van der Waals surface area contributed by atoms with Crippen molar-refractivity contribution in [3.8, 4) is 0 Å². The fourth-order valence-electron chi connectivity index (χ4n) is 1.48. The number of nitrogens with one attached hydrogen (secondary N) is 1. The van der Waals surface area contributed by atoms with Gasteiger partial charge in [-0.25, -0.2) is 5.10 Å². The van der Waals surface area contributed by atoms with E-state index in [2.05, 4.69) is 15.2 Å². The van der Waals surface area contributed by atoms with E-state index in [0.29, 0.717) is 10.7 Å². The average molecular weight is 221 g/mol. The molecule has 78 valence electrons. The summed E-state index contributed by atoms with van der Waals surface area (Å²) < 4.78 is 2.29. The van der Waals surface area contributed by atoms with Crippen LogP contribution in [0.25, 0.3) is 0 Å². The molecular formula is C9H11N5S. The van der Waals surface area contributed by atoms with E-state index in [0.717, 1.165) is 5.56 Å². The fraction of sp³-hybridized carbons (Fsp3) is 0.222. The highest BCUT2D eigenvalue weighted by Crippen LogP contribution is 2.19. The average Bonchev–Trinajstić information content (AvgIpc) is 2.59. The van der Waals surface area contributed by atoms with Crippen LogP contribution in [-0.2, 0) is 0 Å². The van der Waals surface area contributed by atoms with Crippen molar-refractivity contribution in [3.63, 3.8) is 0 Å². The highest BCUT2D eigenvalue weighted by molar-refractivity contribution is 7.71. The van der Waals surface area contributed by atoms with Crippen LogP contribution >= 0.6 is 12.2 Å². The lowest BCUT2D eigenvalue weighted by Gasteiger charge is -2.13. The van der Waals surface area contributed by atoms with Gasteiger partial charge >= 0.3 is 0 Å². The van der Waals surface area contributed by atoms with Gasteiger partial charge in [-0.3, -0.25) is 9.55 Å². The van der Waals surface area contributed by atoms with Gasteiger partial charge < -0.3 is 5.73 Å². The number of aromatic nitrogens is 4. The van der Waals surface area contributed by atoms with E-state index in [1.807, 2.05) is 19.1 Å². The number of hydrogen-bond donors (Lipinski definition) is 2. The lowest BCUT2D eigenvalue weighted by Crippen LogP contribution is -2.10. The number of pyridine rings is 1. The molecule has 0 saturated heterocycles. The third-order valence-corrected chi connectivity index (χ3v) is 2.60. The standard InChI is InChI=1S/C9H11N5S/c1-6(7-2-4-11-5-3-7)14-8(10)12-13-9(14)15/h2-6H,1H3,(H2,10,12)(H,13,15). The Morgan fingerprint density at radius 3 is 2.67 bits per heavy atom. The summed E-state index contributed by atoms with van der Waals surface area (Å²) in [6.45, 7) is 2.01. The molecule has 15 heavy (non-hydrogen) atoms. The first-order valence-electron chi connectivity index (χ1n) is 4.52. The van der Waals surface area contributed by atoms with Gasteiger partial charge in [0.05, 0.1) is 6.04 Å². The van der Waals surface area contributed by atoms with Crippen LogP contribution in [0.2, 0.25) is 0 Å². The topological polar surface area (TPSA) is 72.5 Å². The Hall–Kier alpha value is -1.69. The monoisotopic (exact) mass is 221 g/mol. The number of nitrogen functional groups attached to an aromatic ring is 1. The second-order valence-corrected chi connectivity index (χ2v) is 3.60. The summed E-state index contributed by atoms with van der Waals surface area (Å²) in [4.78, 5) is 3.96. The zero-order valence-electron chi connectivity index (χ0n) is 8.21. The molecule has 0 aliphatic carbocycles. The van der Waals surface area contributed by atoms with E-state index >= 15 is 0 Å². The van der Waals surface area contributed by atoms with Gasteiger partial charge in [-0.2, -0.15) is 0 Å². The molecule has 0 aromatic carbocycles. The summed E-state index contributed by atoms with van der Waals surface area (Å²) in [6.07, 6.45) is 3.48. The zero-order chi connectivity index (χ0) is 10.8. The minimum atomic E-state index is 0.0549.